The first kappa shape index (κ1) is 15.1. The topological polar surface area (TPSA) is 34.1 Å². The van der Waals surface area contributed by atoms with Crippen molar-refractivity contribution in [1.29, 1.82) is 0 Å². The van der Waals surface area contributed by atoms with Crippen LogP contribution >= 0.6 is 27.5 Å². The molecule has 0 saturated heterocycles. The van der Waals surface area contributed by atoms with Gasteiger partial charge in [0.25, 0.3) is 0 Å². The third-order valence-electron chi connectivity index (χ3n) is 3.03. The molecule has 1 unspecified atom stereocenters. The van der Waals surface area contributed by atoms with E-state index in [1.54, 1.807) is 13.3 Å². The number of hydrogen-bond donors (Lipinski definition) is 1. The van der Waals surface area contributed by atoms with Crippen molar-refractivity contribution in [3.05, 3.63) is 51.2 Å². The summed E-state index contributed by atoms with van der Waals surface area (Å²) in [5.41, 5.74) is 3.18. The van der Waals surface area contributed by atoms with Crippen molar-refractivity contribution in [2.24, 2.45) is 0 Å². The van der Waals surface area contributed by atoms with Crippen molar-refractivity contribution in [2.45, 2.75) is 19.9 Å². The summed E-state index contributed by atoms with van der Waals surface area (Å²) in [6, 6.07) is 8.19. The Balaban J connectivity index is 2.23. The standard InChI is InChI=1S/C15H16BrClN2O/c1-9-4-5-12(14(6-9)20-3)10(2)19-11-7-13(16)15(17)18-8-11/h4-8,10,19H,1-3H3. The van der Waals surface area contributed by atoms with Crippen LogP contribution in [0.1, 0.15) is 24.1 Å². The molecule has 0 amide bonds. The van der Waals surface area contributed by atoms with Gasteiger partial charge in [0.15, 0.2) is 0 Å². The number of hydrogen-bond acceptors (Lipinski definition) is 3. The molecule has 1 heterocycles. The second-order valence-electron chi connectivity index (χ2n) is 4.61. The number of anilines is 1. The normalized spacial score (nSPS) is 12.1. The Morgan fingerprint density at radius 1 is 1.35 bits per heavy atom. The van der Waals surface area contributed by atoms with Gasteiger partial charge in [0.2, 0.25) is 0 Å². The lowest BCUT2D eigenvalue weighted by Crippen LogP contribution is -2.08. The number of benzene rings is 1. The van der Waals surface area contributed by atoms with Crippen LogP contribution in [0.25, 0.3) is 0 Å². The predicted molar refractivity (Wildman–Crippen MR) is 86.7 cm³/mol. The van der Waals surface area contributed by atoms with Crippen LogP contribution in [0.4, 0.5) is 5.69 Å². The Hall–Kier alpha value is -1.26. The number of pyridine rings is 1. The highest BCUT2D eigenvalue weighted by molar-refractivity contribution is 9.10. The molecular formula is C15H16BrClN2O. The molecule has 20 heavy (non-hydrogen) atoms. The molecule has 1 aromatic heterocycles. The molecule has 1 aromatic carbocycles. The molecule has 0 aliphatic rings. The summed E-state index contributed by atoms with van der Waals surface area (Å²) >= 11 is 9.26. The first-order valence-electron chi connectivity index (χ1n) is 6.23. The number of halogens is 2. The zero-order valence-corrected chi connectivity index (χ0v) is 13.9. The van der Waals surface area contributed by atoms with Gasteiger partial charge >= 0.3 is 0 Å². The Bertz CT molecular complexity index is 619. The number of methoxy groups -OCH3 is 1. The number of rotatable bonds is 4. The molecule has 2 rings (SSSR count). The smallest absolute Gasteiger partial charge is 0.143 e. The lowest BCUT2D eigenvalue weighted by molar-refractivity contribution is 0.407. The molecule has 106 valence electrons. The maximum Gasteiger partial charge on any atom is 0.143 e. The van der Waals surface area contributed by atoms with E-state index in [4.69, 9.17) is 16.3 Å². The van der Waals surface area contributed by atoms with Crippen LogP contribution in [0.2, 0.25) is 5.15 Å². The van der Waals surface area contributed by atoms with Crippen LogP contribution in [-0.4, -0.2) is 12.1 Å². The van der Waals surface area contributed by atoms with E-state index in [1.165, 1.54) is 5.56 Å². The zero-order chi connectivity index (χ0) is 14.7. The molecule has 1 N–H and O–H groups in total. The molecular weight excluding hydrogens is 340 g/mol. The molecule has 0 bridgehead atoms. The van der Waals surface area contributed by atoms with E-state index in [1.807, 2.05) is 19.1 Å². The molecule has 0 fully saturated rings. The van der Waals surface area contributed by atoms with Gasteiger partial charge in [-0.25, -0.2) is 4.98 Å². The monoisotopic (exact) mass is 354 g/mol. The van der Waals surface area contributed by atoms with E-state index in [0.29, 0.717) is 5.15 Å². The summed E-state index contributed by atoms with van der Waals surface area (Å²) in [6.07, 6.45) is 1.71. The Kier molecular flexibility index (Phi) is 4.89. The highest BCUT2D eigenvalue weighted by Gasteiger charge is 2.12. The number of aryl methyl sites for hydroxylation is 1. The summed E-state index contributed by atoms with van der Waals surface area (Å²) in [4.78, 5) is 4.11. The van der Waals surface area contributed by atoms with Crippen molar-refractivity contribution in [1.82, 2.24) is 4.98 Å². The highest BCUT2D eigenvalue weighted by Crippen LogP contribution is 2.30. The summed E-state index contributed by atoms with van der Waals surface area (Å²) in [5, 5.41) is 3.84. The first-order chi connectivity index (χ1) is 9.51. The van der Waals surface area contributed by atoms with Crippen LogP contribution in [0.15, 0.2) is 34.9 Å². The maximum absolute atomic E-state index is 5.89. The zero-order valence-electron chi connectivity index (χ0n) is 11.6. The van der Waals surface area contributed by atoms with E-state index in [2.05, 4.69) is 45.3 Å². The minimum Gasteiger partial charge on any atom is -0.496 e. The second kappa shape index (κ2) is 6.46. The Morgan fingerprint density at radius 2 is 2.10 bits per heavy atom. The largest absolute Gasteiger partial charge is 0.496 e. The van der Waals surface area contributed by atoms with Gasteiger partial charge in [-0.3, -0.25) is 0 Å². The average molecular weight is 356 g/mol. The van der Waals surface area contributed by atoms with Gasteiger partial charge in [-0.2, -0.15) is 0 Å². The van der Waals surface area contributed by atoms with Gasteiger partial charge in [-0.05, 0) is 47.5 Å². The van der Waals surface area contributed by atoms with Crippen LogP contribution in [0, 0.1) is 6.92 Å². The fourth-order valence-electron chi connectivity index (χ4n) is 2.00. The Morgan fingerprint density at radius 3 is 2.75 bits per heavy atom. The number of ether oxygens (including phenoxy) is 1. The summed E-state index contributed by atoms with van der Waals surface area (Å²) in [7, 11) is 1.69. The fraction of sp³-hybridized carbons (Fsp3) is 0.267. The summed E-state index contributed by atoms with van der Waals surface area (Å²) in [5.74, 6) is 0.881. The minimum absolute atomic E-state index is 0.0976. The molecule has 1 atom stereocenters. The van der Waals surface area contributed by atoms with Crippen LogP contribution in [0.5, 0.6) is 5.75 Å². The fourth-order valence-corrected chi connectivity index (χ4v) is 2.46. The predicted octanol–water partition coefficient (Wildman–Crippen LogP) is 4.99. The SMILES string of the molecule is COc1cc(C)ccc1C(C)Nc1cnc(Cl)c(Br)c1. The van der Waals surface area contributed by atoms with Gasteiger partial charge in [0.1, 0.15) is 10.9 Å². The third-order valence-corrected chi connectivity index (χ3v) is 4.17. The lowest BCUT2D eigenvalue weighted by atomic mass is 10.0. The van der Waals surface area contributed by atoms with Crippen molar-refractivity contribution >= 4 is 33.2 Å². The first-order valence-corrected chi connectivity index (χ1v) is 7.40. The van der Waals surface area contributed by atoms with Crippen LogP contribution < -0.4 is 10.1 Å². The second-order valence-corrected chi connectivity index (χ2v) is 5.82. The van der Waals surface area contributed by atoms with E-state index in [-0.39, 0.29) is 6.04 Å². The number of nitrogens with zero attached hydrogens (tertiary/aromatic N) is 1. The Labute approximate surface area is 132 Å². The van der Waals surface area contributed by atoms with Crippen molar-refractivity contribution in [3.63, 3.8) is 0 Å². The average Bonchev–Trinajstić information content (AvgIpc) is 2.42. The molecule has 0 saturated carbocycles. The van der Waals surface area contributed by atoms with E-state index < -0.39 is 0 Å². The third kappa shape index (κ3) is 3.44. The quantitative estimate of drug-likeness (QED) is 0.785. The molecule has 3 nitrogen and oxygen atoms in total. The van der Waals surface area contributed by atoms with Crippen molar-refractivity contribution in [2.75, 3.05) is 12.4 Å². The molecule has 0 aliphatic carbocycles. The van der Waals surface area contributed by atoms with Crippen molar-refractivity contribution < 1.29 is 4.74 Å². The molecule has 0 aliphatic heterocycles. The summed E-state index contributed by atoms with van der Waals surface area (Å²) in [6.45, 7) is 4.13. The van der Waals surface area contributed by atoms with E-state index >= 15 is 0 Å². The van der Waals surface area contributed by atoms with Crippen molar-refractivity contribution in [3.8, 4) is 5.75 Å². The molecule has 0 spiro atoms. The molecule has 5 heteroatoms. The minimum atomic E-state index is 0.0976. The number of nitrogens with one attached hydrogen (secondary N) is 1. The van der Waals surface area contributed by atoms with Gasteiger partial charge in [-0.15, -0.1) is 0 Å². The van der Waals surface area contributed by atoms with Gasteiger partial charge in [-0.1, -0.05) is 23.7 Å². The number of aromatic nitrogens is 1. The van der Waals surface area contributed by atoms with Gasteiger partial charge < -0.3 is 10.1 Å². The van der Waals surface area contributed by atoms with Gasteiger partial charge in [0, 0.05) is 5.56 Å². The van der Waals surface area contributed by atoms with E-state index in [9.17, 15) is 0 Å². The highest BCUT2D eigenvalue weighted by atomic mass is 79.9. The molecule has 2 aromatic rings. The molecule has 0 radical (unpaired) electrons. The van der Waals surface area contributed by atoms with E-state index in [0.717, 1.165) is 21.5 Å². The summed E-state index contributed by atoms with van der Waals surface area (Å²) < 4.78 is 6.21. The maximum atomic E-state index is 5.89. The van der Waals surface area contributed by atoms with Crippen LogP contribution in [-0.2, 0) is 0 Å². The van der Waals surface area contributed by atoms with Gasteiger partial charge in [0.05, 0.1) is 29.5 Å². The van der Waals surface area contributed by atoms with Crippen LogP contribution in [0.3, 0.4) is 0 Å². The lowest BCUT2D eigenvalue weighted by Gasteiger charge is -2.19.